The van der Waals surface area contributed by atoms with E-state index in [-0.39, 0.29) is 12.3 Å². The third kappa shape index (κ3) is 4.13. The van der Waals surface area contributed by atoms with Crippen molar-refractivity contribution in [3.05, 3.63) is 52.1 Å². The van der Waals surface area contributed by atoms with Crippen LogP contribution in [0.2, 0.25) is 0 Å². The Balaban J connectivity index is 2.03. The Kier molecular flexibility index (Phi) is 5.79. The number of hydrogen-bond acceptors (Lipinski definition) is 6. The number of aromatic nitrogens is 1. The van der Waals surface area contributed by atoms with Crippen molar-refractivity contribution in [3.63, 3.8) is 0 Å². The van der Waals surface area contributed by atoms with Gasteiger partial charge in [0, 0.05) is 36.1 Å². The Morgan fingerprint density at radius 1 is 1.07 bits per heavy atom. The molecule has 0 radical (unpaired) electrons. The molecule has 0 saturated heterocycles. The van der Waals surface area contributed by atoms with Crippen LogP contribution in [0.4, 0.5) is 11.4 Å². The Morgan fingerprint density at radius 2 is 1.78 bits per heavy atom. The van der Waals surface area contributed by atoms with Crippen LogP contribution in [0, 0.1) is 21.4 Å². The maximum absolute atomic E-state index is 11.2. The minimum atomic E-state index is -0.423. The summed E-state index contributed by atoms with van der Waals surface area (Å²) in [5, 5.41) is 34.1. The van der Waals surface area contributed by atoms with Crippen molar-refractivity contribution in [3.8, 4) is 6.07 Å². The van der Waals surface area contributed by atoms with Gasteiger partial charge in [0.2, 0.25) is 0 Å². The van der Waals surface area contributed by atoms with Gasteiger partial charge in [0.25, 0.3) is 5.69 Å². The first-order valence-electron chi connectivity index (χ1n) is 8.91. The second-order valence-corrected chi connectivity index (χ2v) is 6.35. The Hall–Kier alpha value is -3.24. The molecule has 3 aromatic rings. The van der Waals surface area contributed by atoms with Crippen LogP contribution in [0.25, 0.3) is 21.8 Å². The highest BCUT2D eigenvalue weighted by Crippen LogP contribution is 2.33. The molecule has 2 aromatic carbocycles. The molecule has 1 aromatic heterocycles. The lowest BCUT2D eigenvalue weighted by atomic mass is 10.0. The lowest BCUT2D eigenvalue weighted by Crippen LogP contribution is -2.04. The fourth-order valence-electron chi connectivity index (χ4n) is 3.11. The monoisotopic (exact) mass is 364 g/mol. The minimum absolute atomic E-state index is 0.00563. The summed E-state index contributed by atoms with van der Waals surface area (Å²) in [4.78, 5) is 15.3. The fourth-order valence-corrected chi connectivity index (χ4v) is 3.11. The Morgan fingerprint density at radius 3 is 2.48 bits per heavy atom. The number of anilines is 1. The van der Waals surface area contributed by atoms with Crippen LogP contribution in [0.15, 0.2) is 36.4 Å². The van der Waals surface area contributed by atoms with Crippen LogP contribution in [0.5, 0.6) is 0 Å². The molecule has 0 amide bonds. The Labute approximate surface area is 156 Å². The van der Waals surface area contributed by atoms with Crippen molar-refractivity contribution >= 4 is 33.2 Å². The first kappa shape index (κ1) is 18.5. The van der Waals surface area contributed by atoms with Gasteiger partial charge < -0.3 is 10.4 Å². The summed E-state index contributed by atoms with van der Waals surface area (Å²) < 4.78 is 0. The molecule has 0 unspecified atom stereocenters. The van der Waals surface area contributed by atoms with E-state index >= 15 is 0 Å². The number of pyridine rings is 1. The van der Waals surface area contributed by atoms with Gasteiger partial charge in [-0.3, -0.25) is 10.1 Å². The average Bonchev–Trinajstić information content (AvgIpc) is 2.69. The highest BCUT2D eigenvalue weighted by atomic mass is 16.6. The number of rotatable bonds is 8. The first-order chi connectivity index (χ1) is 13.1. The number of nitriles is 1. The number of benzene rings is 2. The number of aliphatic hydroxyl groups is 1. The van der Waals surface area contributed by atoms with Crippen molar-refractivity contribution in [2.24, 2.45) is 0 Å². The van der Waals surface area contributed by atoms with Crippen LogP contribution in [-0.4, -0.2) is 28.2 Å². The Bertz CT molecular complexity index is 1030. The zero-order valence-electron chi connectivity index (χ0n) is 14.8. The molecular weight excluding hydrogens is 344 g/mol. The van der Waals surface area contributed by atoms with Crippen LogP contribution in [0.3, 0.4) is 0 Å². The van der Waals surface area contributed by atoms with E-state index in [0.29, 0.717) is 23.0 Å². The van der Waals surface area contributed by atoms with E-state index in [1.807, 2.05) is 0 Å². The largest absolute Gasteiger partial charge is 0.396 e. The molecule has 1 heterocycles. The topological polar surface area (TPSA) is 112 Å². The van der Waals surface area contributed by atoms with Crippen LogP contribution >= 0.6 is 0 Å². The van der Waals surface area contributed by atoms with Crippen LogP contribution < -0.4 is 5.32 Å². The first-order valence-corrected chi connectivity index (χ1v) is 8.91. The third-order valence-corrected chi connectivity index (χ3v) is 4.48. The number of hydrogen-bond donors (Lipinski definition) is 2. The summed E-state index contributed by atoms with van der Waals surface area (Å²) in [6.07, 6.45) is 3.65. The normalized spacial score (nSPS) is 10.8. The van der Waals surface area contributed by atoms with Crippen molar-refractivity contribution in [2.75, 3.05) is 18.5 Å². The molecule has 7 heteroatoms. The molecule has 27 heavy (non-hydrogen) atoms. The van der Waals surface area contributed by atoms with Crippen molar-refractivity contribution in [2.45, 2.75) is 25.7 Å². The number of fused-ring (bicyclic) bond motifs is 2. The quantitative estimate of drug-likeness (QED) is 0.269. The number of aliphatic hydroxyl groups excluding tert-OH is 1. The van der Waals surface area contributed by atoms with E-state index < -0.39 is 4.92 Å². The molecule has 0 fully saturated rings. The van der Waals surface area contributed by atoms with Crippen LogP contribution in [0.1, 0.15) is 31.2 Å². The maximum Gasteiger partial charge on any atom is 0.270 e. The molecule has 0 bridgehead atoms. The predicted molar refractivity (Wildman–Crippen MR) is 105 cm³/mol. The fraction of sp³-hybridized carbons (Fsp3) is 0.300. The standard InChI is InChI=1S/C20H20N4O3/c21-13-14-5-7-18-16(11-14)20(22-9-3-1-2-4-10-25)17-12-15(24(26)27)6-8-19(17)23-18/h5-8,11-12,25H,1-4,9-10H2,(H,22,23). The second kappa shape index (κ2) is 8.43. The lowest BCUT2D eigenvalue weighted by molar-refractivity contribution is -0.384. The zero-order chi connectivity index (χ0) is 19.2. The number of nitrogens with zero attached hydrogens (tertiary/aromatic N) is 3. The third-order valence-electron chi connectivity index (χ3n) is 4.48. The number of nitro benzene ring substituents is 1. The van der Waals surface area contributed by atoms with Gasteiger partial charge in [0.05, 0.1) is 33.3 Å². The minimum Gasteiger partial charge on any atom is -0.396 e. The predicted octanol–water partition coefficient (Wildman–Crippen LogP) is 4.13. The van der Waals surface area contributed by atoms with Gasteiger partial charge in [-0.15, -0.1) is 0 Å². The molecule has 0 aliphatic carbocycles. The summed E-state index contributed by atoms with van der Waals surface area (Å²) in [6, 6.07) is 12.0. The molecule has 0 saturated carbocycles. The lowest BCUT2D eigenvalue weighted by Gasteiger charge is -2.13. The van der Waals surface area contributed by atoms with Gasteiger partial charge in [-0.25, -0.2) is 4.98 Å². The van der Waals surface area contributed by atoms with Gasteiger partial charge in [-0.2, -0.15) is 5.26 Å². The molecule has 2 N–H and O–H groups in total. The van der Waals surface area contributed by atoms with Crippen molar-refractivity contribution in [1.29, 1.82) is 5.26 Å². The molecule has 3 rings (SSSR count). The summed E-state index contributed by atoms with van der Waals surface area (Å²) >= 11 is 0. The van der Waals surface area contributed by atoms with Gasteiger partial charge in [0.1, 0.15) is 0 Å². The highest BCUT2D eigenvalue weighted by Gasteiger charge is 2.14. The number of nitro groups is 1. The van der Waals surface area contributed by atoms with Gasteiger partial charge in [0.15, 0.2) is 0 Å². The smallest absolute Gasteiger partial charge is 0.270 e. The summed E-state index contributed by atoms with van der Waals surface area (Å²) in [5.41, 5.74) is 2.68. The van der Waals surface area contributed by atoms with E-state index in [2.05, 4.69) is 16.4 Å². The van der Waals surface area contributed by atoms with Crippen molar-refractivity contribution in [1.82, 2.24) is 4.98 Å². The molecule has 0 spiro atoms. The van der Waals surface area contributed by atoms with E-state index in [9.17, 15) is 15.4 Å². The van der Waals surface area contributed by atoms with Crippen LogP contribution in [-0.2, 0) is 0 Å². The molecule has 138 valence electrons. The van der Waals surface area contributed by atoms with E-state index in [1.54, 1.807) is 24.3 Å². The average molecular weight is 364 g/mol. The summed E-state index contributed by atoms with van der Waals surface area (Å²) in [5.74, 6) is 0. The van der Waals surface area contributed by atoms with E-state index in [0.717, 1.165) is 42.3 Å². The number of non-ortho nitro benzene ring substituents is 1. The van der Waals surface area contributed by atoms with E-state index in [1.165, 1.54) is 12.1 Å². The van der Waals surface area contributed by atoms with Gasteiger partial charge in [-0.05, 0) is 37.1 Å². The van der Waals surface area contributed by atoms with E-state index in [4.69, 9.17) is 5.11 Å². The molecular formula is C20H20N4O3. The second-order valence-electron chi connectivity index (χ2n) is 6.35. The molecule has 7 nitrogen and oxygen atoms in total. The summed E-state index contributed by atoms with van der Waals surface area (Å²) in [6.45, 7) is 0.896. The zero-order valence-corrected chi connectivity index (χ0v) is 14.8. The number of nitrogens with one attached hydrogen (secondary N) is 1. The highest BCUT2D eigenvalue weighted by molar-refractivity contribution is 6.08. The van der Waals surface area contributed by atoms with Gasteiger partial charge >= 0.3 is 0 Å². The van der Waals surface area contributed by atoms with Gasteiger partial charge in [-0.1, -0.05) is 12.8 Å². The maximum atomic E-state index is 11.2. The number of unbranched alkanes of at least 4 members (excludes halogenated alkanes) is 3. The summed E-state index contributed by atoms with van der Waals surface area (Å²) in [7, 11) is 0. The van der Waals surface area contributed by atoms with Crippen molar-refractivity contribution < 1.29 is 10.0 Å². The molecule has 0 atom stereocenters. The molecule has 0 aliphatic heterocycles. The molecule has 0 aliphatic rings. The SMILES string of the molecule is N#Cc1ccc2nc3ccc([N+](=O)[O-])cc3c(NCCCCCCO)c2c1.